The SMILES string of the molecule is Cc1ccccc1N1C(=O)c2ccc(C(=O)Nc3cc(Br)c4c(c3)CN(C(=O)OC(C)(C)C)CCO4)cc2C1=O. The number of rotatable bonds is 3. The number of benzene rings is 3. The van der Waals surface area contributed by atoms with E-state index >= 15 is 0 Å². The number of hydrogen-bond donors (Lipinski definition) is 1. The predicted octanol–water partition coefficient (Wildman–Crippen LogP) is 5.94. The average molecular weight is 606 g/mol. The minimum atomic E-state index is -0.637. The first-order valence-corrected chi connectivity index (χ1v) is 13.6. The monoisotopic (exact) mass is 605 g/mol. The van der Waals surface area contributed by atoms with Crippen LogP contribution in [0.15, 0.2) is 59.1 Å². The molecule has 4 amide bonds. The molecule has 40 heavy (non-hydrogen) atoms. The van der Waals surface area contributed by atoms with Gasteiger partial charge in [0.15, 0.2) is 0 Å². The van der Waals surface area contributed by atoms with Gasteiger partial charge >= 0.3 is 6.09 Å². The number of hydrogen-bond acceptors (Lipinski definition) is 6. The second kappa shape index (κ2) is 10.4. The number of carbonyl (C=O) groups excluding carboxylic acids is 4. The molecule has 3 aromatic rings. The lowest BCUT2D eigenvalue weighted by atomic mass is 10.0. The molecule has 0 atom stereocenters. The molecule has 0 saturated carbocycles. The van der Waals surface area contributed by atoms with Crippen molar-refractivity contribution < 1.29 is 28.7 Å². The van der Waals surface area contributed by atoms with Crippen molar-refractivity contribution >= 4 is 51.1 Å². The van der Waals surface area contributed by atoms with Gasteiger partial charge in [-0.25, -0.2) is 9.69 Å². The standard InChI is InChI=1S/C30H28BrN3O6/c1-17-7-5-6-8-24(17)34-27(36)21-10-9-18(14-22(21)28(34)37)26(35)32-20-13-19-16-33(29(38)40-30(2,3)4)11-12-39-25(19)23(31)15-20/h5-10,13-15H,11-12,16H2,1-4H3,(H,32,35). The Morgan fingerprint density at radius 1 is 1.00 bits per heavy atom. The van der Waals surface area contributed by atoms with Crippen molar-refractivity contribution in [2.45, 2.75) is 39.8 Å². The van der Waals surface area contributed by atoms with E-state index in [-0.39, 0.29) is 29.8 Å². The Bertz CT molecular complexity index is 1560. The zero-order valence-corrected chi connectivity index (χ0v) is 24.1. The van der Waals surface area contributed by atoms with E-state index in [0.29, 0.717) is 33.7 Å². The minimum absolute atomic E-state index is 0.172. The van der Waals surface area contributed by atoms with Crippen molar-refractivity contribution in [3.05, 3.63) is 86.9 Å². The fraction of sp³-hybridized carbons (Fsp3) is 0.267. The maximum Gasteiger partial charge on any atom is 0.410 e. The van der Waals surface area contributed by atoms with Gasteiger partial charge in [0.05, 0.1) is 34.4 Å². The zero-order valence-electron chi connectivity index (χ0n) is 22.5. The fourth-order valence-corrected chi connectivity index (χ4v) is 5.26. The molecule has 0 saturated heterocycles. The van der Waals surface area contributed by atoms with Crippen LogP contribution in [-0.2, 0) is 11.3 Å². The molecule has 0 bridgehead atoms. The van der Waals surface area contributed by atoms with Gasteiger partial charge < -0.3 is 19.7 Å². The molecule has 10 heteroatoms. The largest absolute Gasteiger partial charge is 0.490 e. The minimum Gasteiger partial charge on any atom is -0.490 e. The molecule has 2 aliphatic heterocycles. The lowest BCUT2D eigenvalue weighted by molar-refractivity contribution is 0.0225. The molecule has 9 nitrogen and oxygen atoms in total. The molecular formula is C30H28BrN3O6. The summed E-state index contributed by atoms with van der Waals surface area (Å²) in [5, 5.41) is 2.85. The molecule has 0 aromatic heterocycles. The summed E-state index contributed by atoms with van der Waals surface area (Å²) in [6, 6.07) is 15.1. The fourth-order valence-electron chi connectivity index (χ4n) is 4.64. The van der Waals surface area contributed by atoms with E-state index in [9.17, 15) is 19.2 Å². The maximum atomic E-state index is 13.2. The molecule has 0 fully saturated rings. The van der Waals surface area contributed by atoms with Crippen LogP contribution in [0.1, 0.15) is 63.0 Å². The Morgan fingerprint density at radius 2 is 1.73 bits per heavy atom. The first kappa shape index (κ1) is 27.4. The molecular weight excluding hydrogens is 578 g/mol. The van der Waals surface area contributed by atoms with Crippen molar-refractivity contribution in [2.24, 2.45) is 0 Å². The second-order valence-corrected chi connectivity index (χ2v) is 11.5. The Kier molecular flexibility index (Phi) is 7.14. The van der Waals surface area contributed by atoms with Gasteiger partial charge in [0.25, 0.3) is 17.7 Å². The van der Waals surface area contributed by atoms with Gasteiger partial charge in [-0.05, 0) is 85.6 Å². The predicted molar refractivity (Wildman–Crippen MR) is 153 cm³/mol. The van der Waals surface area contributed by atoms with Crippen LogP contribution >= 0.6 is 15.9 Å². The van der Waals surface area contributed by atoms with Crippen LogP contribution in [0.4, 0.5) is 16.2 Å². The summed E-state index contributed by atoms with van der Waals surface area (Å²) in [6.07, 6.45) is -0.452. The molecule has 2 heterocycles. The first-order chi connectivity index (χ1) is 18.9. The van der Waals surface area contributed by atoms with Gasteiger partial charge in [0.2, 0.25) is 0 Å². The molecule has 1 N–H and O–H groups in total. The van der Waals surface area contributed by atoms with Crippen LogP contribution < -0.4 is 15.0 Å². The van der Waals surface area contributed by atoms with Crippen molar-refractivity contribution in [3.63, 3.8) is 0 Å². The highest BCUT2D eigenvalue weighted by atomic mass is 79.9. The van der Waals surface area contributed by atoms with Crippen molar-refractivity contribution in [2.75, 3.05) is 23.4 Å². The van der Waals surface area contributed by atoms with Crippen LogP contribution in [0, 0.1) is 6.92 Å². The number of ether oxygens (including phenoxy) is 2. The van der Waals surface area contributed by atoms with Gasteiger partial charge in [-0.1, -0.05) is 18.2 Å². The number of fused-ring (bicyclic) bond motifs is 2. The molecule has 2 aliphatic rings. The van der Waals surface area contributed by atoms with Crippen LogP contribution in [-0.4, -0.2) is 47.5 Å². The number of para-hydroxylation sites is 1. The highest BCUT2D eigenvalue weighted by Crippen LogP contribution is 2.36. The maximum absolute atomic E-state index is 13.2. The van der Waals surface area contributed by atoms with E-state index in [1.807, 2.05) is 19.1 Å². The molecule has 3 aromatic carbocycles. The van der Waals surface area contributed by atoms with Crippen LogP contribution in [0.2, 0.25) is 0 Å². The van der Waals surface area contributed by atoms with E-state index in [0.717, 1.165) is 10.5 Å². The number of nitrogens with one attached hydrogen (secondary N) is 1. The number of halogens is 1. The summed E-state index contributed by atoms with van der Waals surface area (Å²) in [7, 11) is 0. The summed E-state index contributed by atoms with van der Waals surface area (Å²) in [5.41, 5.74) is 2.47. The summed E-state index contributed by atoms with van der Waals surface area (Å²) < 4.78 is 12.0. The van der Waals surface area contributed by atoms with Crippen LogP contribution in [0.25, 0.3) is 0 Å². The number of imide groups is 1. The Hall–Kier alpha value is -4.18. The zero-order chi connectivity index (χ0) is 28.8. The van der Waals surface area contributed by atoms with Gasteiger partial charge in [-0.3, -0.25) is 14.4 Å². The van der Waals surface area contributed by atoms with Gasteiger partial charge in [0.1, 0.15) is 18.0 Å². The lowest BCUT2D eigenvalue weighted by Gasteiger charge is -2.26. The highest BCUT2D eigenvalue weighted by Gasteiger charge is 2.37. The topological polar surface area (TPSA) is 105 Å². The molecule has 0 spiro atoms. The third kappa shape index (κ3) is 5.31. The quantitative estimate of drug-likeness (QED) is 0.370. The molecule has 0 unspecified atom stereocenters. The Labute approximate surface area is 240 Å². The van der Waals surface area contributed by atoms with Gasteiger partial charge in [-0.15, -0.1) is 0 Å². The third-order valence-electron chi connectivity index (χ3n) is 6.50. The van der Waals surface area contributed by atoms with Crippen molar-refractivity contribution in [1.29, 1.82) is 0 Å². The molecule has 206 valence electrons. The summed E-state index contributed by atoms with van der Waals surface area (Å²) >= 11 is 3.51. The molecule has 0 aliphatic carbocycles. The van der Waals surface area contributed by atoms with Crippen molar-refractivity contribution in [1.82, 2.24) is 4.90 Å². The second-order valence-electron chi connectivity index (χ2n) is 10.6. The first-order valence-electron chi connectivity index (χ1n) is 12.8. The number of carbonyl (C=O) groups is 4. The van der Waals surface area contributed by atoms with Crippen LogP contribution in [0.3, 0.4) is 0 Å². The average Bonchev–Trinajstić information content (AvgIpc) is 3.02. The van der Waals surface area contributed by atoms with E-state index in [1.165, 1.54) is 18.2 Å². The lowest BCUT2D eigenvalue weighted by Crippen LogP contribution is -2.37. The van der Waals surface area contributed by atoms with E-state index in [1.54, 1.807) is 49.9 Å². The summed E-state index contributed by atoms with van der Waals surface area (Å²) in [6.45, 7) is 8.11. The number of nitrogens with zero attached hydrogens (tertiary/aromatic N) is 2. The normalized spacial score (nSPS) is 14.7. The molecule has 5 rings (SSSR count). The number of anilines is 2. The van der Waals surface area contributed by atoms with Gasteiger partial charge in [-0.2, -0.15) is 0 Å². The van der Waals surface area contributed by atoms with Gasteiger partial charge in [0, 0.05) is 16.8 Å². The number of amides is 4. The Morgan fingerprint density at radius 3 is 2.45 bits per heavy atom. The summed E-state index contributed by atoms with van der Waals surface area (Å²) in [4.78, 5) is 54.9. The van der Waals surface area contributed by atoms with E-state index in [2.05, 4.69) is 21.2 Å². The molecule has 0 radical (unpaired) electrons. The van der Waals surface area contributed by atoms with Crippen LogP contribution in [0.5, 0.6) is 5.75 Å². The Balaban J connectivity index is 1.37. The smallest absolute Gasteiger partial charge is 0.410 e. The third-order valence-corrected chi connectivity index (χ3v) is 7.09. The van der Waals surface area contributed by atoms with Crippen molar-refractivity contribution in [3.8, 4) is 5.75 Å². The number of aryl methyl sites for hydroxylation is 1. The van der Waals surface area contributed by atoms with E-state index in [4.69, 9.17) is 9.47 Å². The summed E-state index contributed by atoms with van der Waals surface area (Å²) in [5.74, 6) is -0.772. The van der Waals surface area contributed by atoms with E-state index < -0.39 is 29.4 Å². The highest BCUT2D eigenvalue weighted by molar-refractivity contribution is 9.10.